The van der Waals surface area contributed by atoms with Gasteiger partial charge in [0.25, 0.3) is 5.91 Å². The fourth-order valence-electron chi connectivity index (χ4n) is 3.39. The van der Waals surface area contributed by atoms with Gasteiger partial charge in [-0.25, -0.2) is 4.79 Å². The molecule has 0 unspecified atom stereocenters. The molecule has 2 N–H and O–H groups in total. The largest absolute Gasteiger partial charge is 0.508 e. The molecule has 1 fully saturated rings. The third-order valence-corrected chi connectivity index (χ3v) is 5.13. The second-order valence-electron chi connectivity index (χ2n) is 6.99. The van der Waals surface area contributed by atoms with Crippen LogP contribution in [-0.2, 0) is 6.42 Å². The van der Waals surface area contributed by atoms with Crippen molar-refractivity contribution < 1.29 is 24.2 Å². The summed E-state index contributed by atoms with van der Waals surface area (Å²) in [5, 5.41) is 12.3. The van der Waals surface area contributed by atoms with Gasteiger partial charge in [0.15, 0.2) is 0 Å². The zero-order chi connectivity index (χ0) is 21.5. The number of benzene rings is 2. The highest BCUT2D eigenvalue weighted by Crippen LogP contribution is 2.24. The number of urea groups is 1. The molecule has 0 aromatic heterocycles. The Balaban J connectivity index is 1.46. The van der Waals surface area contributed by atoms with Crippen LogP contribution < -0.4 is 14.8 Å². The normalized spacial score (nSPS) is 13.7. The number of hydrogen-bond acceptors (Lipinski definition) is 5. The van der Waals surface area contributed by atoms with E-state index in [1.54, 1.807) is 36.2 Å². The summed E-state index contributed by atoms with van der Waals surface area (Å²) in [6.07, 6.45) is 0.616. The number of nitrogens with one attached hydrogen (secondary N) is 1. The van der Waals surface area contributed by atoms with Crippen molar-refractivity contribution in [1.82, 2.24) is 15.1 Å². The molecule has 0 saturated carbocycles. The lowest BCUT2D eigenvalue weighted by Gasteiger charge is -2.34. The van der Waals surface area contributed by atoms with Gasteiger partial charge >= 0.3 is 6.03 Å². The number of hydrogen-bond donors (Lipinski definition) is 2. The molecule has 8 nitrogen and oxygen atoms in total. The van der Waals surface area contributed by atoms with E-state index in [1.807, 2.05) is 18.2 Å². The highest BCUT2D eigenvalue weighted by atomic mass is 16.5. The van der Waals surface area contributed by atoms with Crippen molar-refractivity contribution in [3.63, 3.8) is 0 Å². The van der Waals surface area contributed by atoms with Gasteiger partial charge in [-0.3, -0.25) is 4.79 Å². The smallest absolute Gasteiger partial charge is 0.317 e. The Labute approximate surface area is 176 Å². The minimum absolute atomic E-state index is 0.0971. The second kappa shape index (κ2) is 9.87. The molecule has 8 heteroatoms. The van der Waals surface area contributed by atoms with Gasteiger partial charge in [0.05, 0.1) is 14.2 Å². The summed E-state index contributed by atoms with van der Waals surface area (Å²) in [6, 6.07) is 11.6. The van der Waals surface area contributed by atoms with E-state index in [1.165, 1.54) is 12.1 Å². The maximum Gasteiger partial charge on any atom is 0.317 e. The monoisotopic (exact) mass is 413 g/mol. The number of carbonyl (C=O) groups is 2. The topological polar surface area (TPSA) is 91.3 Å². The summed E-state index contributed by atoms with van der Waals surface area (Å²) < 4.78 is 10.6. The van der Waals surface area contributed by atoms with Gasteiger partial charge < -0.3 is 29.7 Å². The van der Waals surface area contributed by atoms with E-state index >= 15 is 0 Å². The third kappa shape index (κ3) is 5.14. The number of phenolic OH excluding ortho intramolecular Hbond substituents is 1. The number of rotatable bonds is 6. The van der Waals surface area contributed by atoms with Crippen LogP contribution in [0.15, 0.2) is 42.5 Å². The van der Waals surface area contributed by atoms with Gasteiger partial charge in [-0.2, -0.15) is 0 Å². The molecular weight excluding hydrogens is 386 g/mol. The summed E-state index contributed by atoms with van der Waals surface area (Å²) in [5.41, 5.74) is 1.49. The Morgan fingerprint density at radius 1 is 0.967 bits per heavy atom. The van der Waals surface area contributed by atoms with Crippen molar-refractivity contribution >= 4 is 11.9 Å². The highest BCUT2D eigenvalue weighted by Gasteiger charge is 2.24. The highest BCUT2D eigenvalue weighted by molar-refractivity contribution is 5.94. The van der Waals surface area contributed by atoms with E-state index in [4.69, 9.17) is 9.47 Å². The Hall–Kier alpha value is -3.42. The first-order chi connectivity index (χ1) is 14.5. The molecule has 30 heavy (non-hydrogen) atoms. The summed E-state index contributed by atoms with van der Waals surface area (Å²) in [7, 11) is 3.22. The predicted octanol–water partition coefficient (Wildman–Crippen LogP) is 2.12. The average Bonchev–Trinajstić information content (AvgIpc) is 2.79. The van der Waals surface area contributed by atoms with E-state index in [9.17, 15) is 14.7 Å². The number of ether oxygens (including phenoxy) is 2. The number of carbonyl (C=O) groups excluding carboxylic acids is 2. The zero-order valence-corrected chi connectivity index (χ0v) is 17.3. The van der Waals surface area contributed by atoms with E-state index < -0.39 is 0 Å². The maximum atomic E-state index is 12.5. The van der Waals surface area contributed by atoms with Crippen molar-refractivity contribution in [3.8, 4) is 17.2 Å². The number of amides is 3. The zero-order valence-electron chi connectivity index (χ0n) is 17.3. The van der Waals surface area contributed by atoms with Crippen molar-refractivity contribution in [3.05, 3.63) is 53.6 Å². The van der Waals surface area contributed by atoms with Crippen LogP contribution in [0.4, 0.5) is 4.79 Å². The minimum Gasteiger partial charge on any atom is -0.508 e. The first-order valence-corrected chi connectivity index (χ1v) is 9.84. The maximum absolute atomic E-state index is 12.5. The molecule has 1 aliphatic heterocycles. The standard InChI is InChI=1S/C22H27N3O5/c1-29-19-7-8-20(30-2)17(15-19)9-10-23-22(28)25-13-11-24(12-14-25)21(27)16-3-5-18(26)6-4-16/h3-8,15,26H,9-14H2,1-2H3,(H,23,28). The van der Waals surface area contributed by atoms with Crippen LogP contribution in [0.3, 0.4) is 0 Å². The first kappa shape index (κ1) is 21.3. The molecule has 1 aliphatic rings. The number of piperazine rings is 1. The van der Waals surface area contributed by atoms with Crippen LogP contribution in [0.1, 0.15) is 15.9 Å². The van der Waals surface area contributed by atoms with Crippen LogP contribution in [0.25, 0.3) is 0 Å². The molecule has 1 heterocycles. The average molecular weight is 413 g/mol. The minimum atomic E-state index is -0.145. The first-order valence-electron chi connectivity index (χ1n) is 9.84. The molecule has 2 aromatic carbocycles. The number of nitrogens with zero attached hydrogens (tertiary/aromatic N) is 2. The number of aromatic hydroxyl groups is 1. The number of methoxy groups -OCH3 is 2. The van der Waals surface area contributed by atoms with Crippen LogP contribution in [0.2, 0.25) is 0 Å². The molecule has 0 radical (unpaired) electrons. The number of phenols is 1. The van der Waals surface area contributed by atoms with Crippen molar-refractivity contribution in [2.24, 2.45) is 0 Å². The summed E-state index contributed by atoms with van der Waals surface area (Å²) in [4.78, 5) is 28.4. The van der Waals surface area contributed by atoms with Crippen molar-refractivity contribution in [1.29, 1.82) is 0 Å². The lowest BCUT2D eigenvalue weighted by Crippen LogP contribution is -2.53. The molecule has 160 valence electrons. The summed E-state index contributed by atoms with van der Waals surface area (Å²) >= 11 is 0. The van der Waals surface area contributed by atoms with Crippen LogP contribution in [0, 0.1) is 0 Å². The van der Waals surface area contributed by atoms with E-state index in [-0.39, 0.29) is 17.7 Å². The summed E-state index contributed by atoms with van der Waals surface area (Å²) in [6.45, 7) is 2.35. The van der Waals surface area contributed by atoms with E-state index in [2.05, 4.69) is 5.32 Å². The van der Waals surface area contributed by atoms with Crippen LogP contribution in [0.5, 0.6) is 17.2 Å². The van der Waals surface area contributed by atoms with Crippen LogP contribution in [-0.4, -0.2) is 73.8 Å². The van der Waals surface area contributed by atoms with E-state index in [0.29, 0.717) is 44.7 Å². The Morgan fingerprint density at radius 3 is 2.27 bits per heavy atom. The lowest BCUT2D eigenvalue weighted by atomic mass is 10.1. The quantitative estimate of drug-likeness (QED) is 0.757. The van der Waals surface area contributed by atoms with Gasteiger partial charge in [-0.05, 0) is 54.4 Å². The Morgan fingerprint density at radius 2 is 1.63 bits per heavy atom. The predicted molar refractivity (Wildman–Crippen MR) is 112 cm³/mol. The summed E-state index contributed by atoms with van der Waals surface area (Å²) in [5.74, 6) is 1.53. The fraction of sp³-hybridized carbons (Fsp3) is 0.364. The van der Waals surface area contributed by atoms with Gasteiger partial charge in [0.1, 0.15) is 17.2 Å². The van der Waals surface area contributed by atoms with Gasteiger partial charge in [-0.15, -0.1) is 0 Å². The molecule has 3 rings (SSSR count). The van der Waals surface area contributed by atoms with Gasteiger partial charge in [0, 0.05) is 38.3 Å². The van der Waals surface area contributed by atoms with E-state index in [0.717, 1.165) is 17.1 Å². The molecule has 3 amide bonds. The van der Waals surface area contributed by atoms with Crippen LogP contribution >= 0.6 is 0 Å². The van der Waals surface area contributed by atoms with Gasteiger partial charge in [-0.1, -0.05) is 0 Å². The Bertz CT molecular complexity index is 877. The molecule has 0 aliphatic carbocycles. The third-order valence-electron chi connectivity index (χ3n) is 5.13. The SMILES string of the molecule is COc1ccc(OC)c(CCNC(=O)N2CCN(C(=O)c3ccc(O)cc3)CC2)c1. The molecule has 1 saturated heterocycles. The molecule has 0 spiro atoms. The fourth-order valence-corrected chi connectivity index (χ4v) is 3.39. The second-order valence-corrected chi connectivity index (χ2v) is 6.99. The Kier molecular flexibility index (Phi) is 7.00. The molecular formula is C22H27N3O5. The molecule has 2 aromatic rings. The van der Waals surface area contributed by atoms with Gasteiger partial charge in [0.2, 0.25) is 0 Å². The van der Waals surface area contributed by atoms with Crippen molar-refractivity contribution in [2.75, 3.05) is 46.9 Å². The molecule has 0 atom stereocenters. The molecule has 0 bridgehead atoms. The van der Waals surface area contributed by atoms with Crippen molar-refractivity contribution in [2.45, 2.75) is 6.42 Å². The lowest BCUT2D eigenvalue weighted by molar-refractivity contribution is 0.0665.